The molecule has 2 fully saturated rings. The molecule has 9 nitrogen and oxygen atoms in total. The third kappa shape index (κ3) is 6.85. The molecule has 0 atom stereocenters. The van der Waals surface area contributed by atoms with Gasteiger partial charge in [0.1, 0.15) is 16.7 Å². The van der Waals surface area contributed by atoms with Gasteiger partial charge in [-0.3, -0.25) is 14.6 Å². The number of hydrogen-bond donors (Lipinski definition) is 1. The van der Waals surface area contributed by atoms with E-state index in [1.165, 1.54) is 17.8 Å². The van der Waals surface area contributed by atoms with E-state index in [2.05, 4.69) is 25.5 Å². The highest BCUT2D eigenvalue weighted by Gasteiger charge is 2.32. The Hall–Kier alpha value is -3.26. The number of amides is 1. The highest BCUT2D eigenvalue weighted by atomic mass is 32.2. The number of aryl methyl sites for hydroxylation is 1. The van der Waals surface area contributed by atoms with Crippen molar-refractivity contribution in [2.45, 2.75) is 12.8 Å². The molecule has 1 amide bonds. The summed E-state index contributed by atoms with van der Waals surface area (Å²) in [4.78, 5) is 17.5. The van der Waals surface area contributed by atoms with E-state index < -0.39 is 11.6 Å². The Morgan fingerprint density at radius 1 is 1.10 bits per heavy atom. The lowest BCUT2D eigenvalue weighted by Crippen LogP contribution is -2.38. The van der Waals surface area contributed by atoms with Gasteiger partial charge in [-0.25, -0.2) is 8.78 Å². The van der Waals surface area contributed by atoms with Gasteiger partial charge < -0.3 is 9.47 Å². The van der Waals surface area contributed by atoms with Crippen molar-refractivity contribution >= 4 is 40.3 Å². The molecule has 2 aliphatic heterocycles. The standard InChI is InChI=1S/C26H26F2N6O3S2/c27-20-5-3-18(15-21(20)28)17-4-6-22(37-13-10-33-8-11-36-12-9-33)19(14-17)16-23-25(35)34(26(38)39-23)7-1-2-24-29-31-32-30-24/h3-6,14-16H,1-2,7-13H2,(H,29,30,31,32). The minimum atomic E-state index is -0.929. The second-order valence-corrected chi connectivity index (χ2v) is 10.6. The Bertz CT molecular complexity index is 1370. The fourth-order valence-corrected chi connectivity index (χ4v) is 5.57. The van der Waals surface area contributed by atoms with Crippen LogP contribution in [0, 0.1) is 11.6 Å². The fourth-order valence-electron chi connectivity index (χ4n) is 4.28. The van der Waals surface area contributed by atoms with Gasteiger partial charge in [0.25, 0.3) is 5.91 Å². The predicted octanol–water partition coefficient (Wildman–Crippen LogP) is 3.69. The van der Waals surface area contributed by atoms with Gasteiger partial charge in [0, 0.05) is 38.2 Å². The molecule has 2 saturated heterocycles. The maximum Gasteiger partial charge on any atom is 0.266 e. The van der Waals surface area contributed by atoms with Crippen LogP contribution in [0.1, 0.15) is 17.8 Å². The molecule has 2 aromatic carbocycles. The number of carbonyl (C=O) groups is 1. The topological polar surface area (TPSA) is 96.5 Å². The Kier molecular flexibility index (Phi) is 8.91. The van der Waals surface area contributed by atoms with E-state index in [1.807, 2.05) is 0 Å². The van der Waals surface area contributed by atoms with Gasteiger partial charge in [0.05, 0.1) is 18.1 Å². The molecule has 1 N–H and O–H groups in total. The molecule has 204 valence electrons. The third-order valence-corrected chi connectivity index (χ3v) is 7.74. The number of tetrazole rings is 1. The molecule has 2 aliphatic rings. The molecule has 0 bridgehead atoms. The first-order valence-electron chi connectivity index (χ1n) is 12.5. The average Bonchev–Trinajstić information content (AvgIpc) is 3.55. The molecule has 0 aliphatic carbocycles. The second-order valence-electron chi connectivity index (χ2n) is 8.95. The lowest BCUT2D eigenvalue weighted by Gasteiger charge is -2.26. The van der Waals surface area contributed by atoms with E-state index >= 15 is 0 Å². The molecule has 1 aromatic heterocycles. The van der Waals surface area contributed by atoms with Gasteiger partial charge in [-0.15, -0.1) is 10.2 Å². The highest BCUT2D eigenvalue weighted by molar-refractivity contribution is 8.26. The summed E-state index contributed by atoms with van der Waals surface area (Å²) < 4.78 is 39.5. The normalized spacial score (nSPS) is 17.4. The van der Waals surface area contributed by atoms with Crippen LogP contribution < -0.4 is 4.74 Å². The Morgan fingerprint density at radius 3 is 2.67 bits per heavy atom. The molecule has 13 heteroatoms. The molecule has 3 aromatic rings. The maximum atomic E-state index is 13.9. The lowest BCUT2D eigenvalue weighted by atomic mass is 10.0. The SMILES string of the molecule is O=C1C(=Cc2cc(-c3ccc(F)c(F)c3)ccc2OCCN2CCOCC2)SC(=S)N1CCCc1nn[nH]n1. The van der Waals surface area contributed by atoms with Crippen LogP contribution in [0.4, 0.5) is 8.78 Å². The summed E-state index contributed by atoms with van der Waals surface area (Å²) in [6.07, 6.45) is 2.93. The highest BCUT2D eigenvalue weighted by Crippen LogP contribution is 2.36. The number of carbonyl (C=O) groups excluding carboxylic acids is 1. The monoisotopic (exact) mass is 572 g/mol. The number of thioether (sulfide) groups is 1. The zero-order valence-corrected chi connectivity index (χ0v) is 22.6. The van der Waals surface area contributed by atoms with Crippen molar-refractivity contribution in [3.8, 4) is 16.9 Å². The number of H-pyrrole nitrogens is 1. The fraction of sp³-hybridized carbons (Fsp3) is 0.346. The first-order valence-corrected chi connectivity index (χ1v) is 13.7. The number of aromatic nitrogens is 4. The molecular formula is C26H26F2N6O3S2. The third-order valence-electron chi connectivity index (χ3n) is 6.36. The summed E-state index contributed by atoms with van der Waals surface area (Å²) in [5, 5.41) is 13.8. The molecule has 0 radical (unpaired) electrons. The first kappa shape index (κ1) is 27.3. The number of aromatic amines is 1. The van der Waals surface area contributed by atoms with E-state index in [-0.39, 0.29) is 5.91 Å². The molecule has 0 unspecified atom stereocenters. The second kappa shape index (κ2) is 12.7. The Labute approximate surface area is 233 Å². The van der Waals surface area contributed by atoms with E-state index in [0.29, 0.717) is 76.7 Å². The number of nitrogens with zero attached hydrogens (tertiary/aromatic N) is 5. The number of hydrogen-bond acceptors (Lipinski definition) is 9. The van der Waals surface area contributed by atoms with Crippen LogP contribution in [0.25, 0.3) is 17.2 Å². The number of halogens is 2. The summed E-state index contributed by atoms with van der Waals surface area (Å²) in [5.41, 5.74) is 1.82. The summed E-state index contributed by atoms with van der Waals surface area (Å²) in [7, 11) is 0. The number of ether oxygens (including phenoxy) is 2. The lowest BCUT2D eigenvalue weighted by molar-refractivity contribution is -0.122. The van der Waals surface area contributed by atoms with Crippen molar-refractivity contribution in [2.75, 3.05) is 46.0 Å². The van der Waals surface area contributed by atoms with Crippen LogP contribution >= 0.6 is 24.0 Å². The smallest absolute Gasteiger partial charge is 0.266 e. The molecular weight excluding hydrogens is 546 g/mol. The first-order chi connectivity index (χ1) is 19.0. The van der Waals surface area contributed by atoms with Crippen LogP contribution in [0.2, 0.25) is 0 Å². The predicted molar refractivity (Wildman–Crippen MR) is 147 cm³/mol. The molecule has 0 saturated carbocycles. The number of morpholine rings is 1. The maximum absolute atomic E-state index is 13.9. The summed E-state index contributed by atoms with van der Waals surface area (Å²) >= 11 is 6.70. The molecule has 0 spiro atoms. The summed E-state index contributed by atoms with van der Waals surface area (Å²) in [6.45, 7) is 4.70. The van der Waals surface area contributed by atoms with Crippen molar-refractivity contribution in [3.05, 3.63) is 64.3 Å². The largest absolute Gasteiger partial charge is 0.492 e. The zero-order chi connectivity index (χ0) is 27.2. The van der Waals surface area contributed by atoms with Crippen LogP contribution in [0.3, 0.4) is 0 Å². The van der Waals surface area contributed by atoms with Crippen molar-refractivity contribution in [3.63, 3.8) is 0 Å². The van der Waals surface area contributed by atoms with Crippen molar-refractivity contribution in [1.82, 2.24) is 30.4 Å². The molecule has 5 rings (SSSR count). The van der Waals surface area contributed by atoms with Gasteiger partial charge in [-0.1, -0.05) is 41.3 Å². The van der Waals surface area contributed by atoms with E-state index in [9.17, 15) is 13.6 Å². The van der Waals surface area contributed by atoms with Crippen molar-refractivity contribution in [1.29, 1.82) is 0 Å². The average molecular weight is 573 g/mol. The van der Waals surface area contributed by atoms with Crippen LogP contribution in [-0.4, -0.2) is 86.7 Å². The van der Waals surface area contributed by atoms with Gasteiger partial charge >= 0.3 is 0 Å². The zero-order valence-electron chi connectivity index (χ0n) is 20.9. The molecule has 3 heterocycles. The number of nitrogens with one attached hydrogen (secondary N) is 1. The Balaban J connectivity index is 1.35. The van der Waals surface area contributed by atoms with Gasteiger partial charge in [-0.05, 0) is 47.9 Å². The quantitative estimate of drug-likeness (QED) is 0.288. The van der Waals surface area contributed by atoms with Crippen LogP contribution in [0.5, 0.6) is 5.75 Å². The van der Waals surface area contributed by atoms with E-state index in [1.54, 1.807) is 29.2 Å². The minimum absolute atomic E-state index is 0.199. The number of benzene rings is 2. The Morgan fingerprint density at radius 2 is 1.90 bits per heavy atom. The summed E-state index contributed by atoms with van der Waals surface area (Å²) in [5.74, 6) is -0.886. The number of thiocarbonyl (C=S) groups is 1. The van der Waals surface area contributed by atoms with Gasteiger partial charge in [0.2, 0.25) is 0 Å². The van der Waals surface area contributed by atoms with Crippen molar-refractivity contribution in [2.24, 2.45) is 0 Å². The van der Waals surface area contributed by atoms with Crippen LogP contribution in [0.15, 0.2) is 41.3 Å². The minimum Gasteiger partial charge on any atom is -0.492 e. The van der Waals surface area contributed by atoms with Gasteiger partial charge in [0.15, 0.2) is 17.5 Å². The van der Waals surface area contributed by atoms with Crippen molar-refractivity contribution < 1.29 is 23.0 Å². The summed E-state index contributed by atoms with van der Waals surface area (Å²) in [6, 6.07) is 9.14. The number of rotatable bonds is 10. The van der Waals surface area contributed by atoms with Crippen LogP contribution in [-0.2, 0) is 16.0 Å². The van der Waals surface area contributed by atoms with Gasteiger partial charge in [-0.2, -0.15) is 5.21 Å². The van der Waals surface area contributed by atoms with E-state index in [4.69, 9.17) is 21.7 Å². The van der Waals surface area contributed by atoms with E-state index in [0.717, 1.165) is 31.8 Å². The molecule has 39 heavy (non-hydrogen) atoms.